The molecule has 6 nitrogen and oxygen atoms in total. The Kier molecular flexibility index (Phi) is 4.85. The summed E-state index contributed by atoms with van der Waals surface area (Å²) in [6.45, 7) is 6.65. The number of pyridine rings is 1. The summed E-state index contributed by atoms with van der Waals surface area (Å²) in [5, 5.41) is 9.05. The van der Waals surface area contributed by atoms with E-state index in [0.717, 1.165) is 31.6 Å². The first-order valence-electron chi connectivity index (χ1n) is 8.29. The second kappa shape index (κ2) is 7.05. The summed E-state index contributed by atoms with van der Waals surface area (Å²) in [6.07, 6.45) is 8.67. The van der Waals surface area contributed by atoms with Crippen molar-refractivity contribution in [3.8, 4) is 11.3 Å². The lowest BCUT2D eigenvalue weighted by Gasteiger charge is -2.34. The molecule has 1 aliphatic rings. The average molecular weight is 326 g/mol. The molecule has 3 rings (SSSR count). The fraction of sp³-hybridized carbons (Fsp3) is 0.444. The molecule has 2 aromatic heterocycles. The van der Waals surface area contributed by atoms with E-state index in [4.69, 9.17) is 5.11 Å². The van der Waals surface area contributed by atoms with Crippen LogP contribution >= 0.6 is 0 Å². The van der Waals surface area contributed by atoms with Crippen molar-refractivity contribution < 1.29 is 9.90 Å². The van der Waals surface area contributed by atoms with E-state index in [2.05, 4.69) is 33.7 Å². The SMILES string of the molecule is CC(C)N1CCC(c2cnc(-c3cncc(C(=O)O)c3)cn2)CC1. The van der Waals surface area contributed by atoms with Gasteiger partial charge in [0, 0.05) is 36.1 Å². The maximum atomic E-state index is 11.0. The fourth-order valence-electron chi connectivity index (χ4n) is 3.11. The Bertz CT molecular complexity index is 707. The van der Waals surface area contributed by atoms with Crippen LogP contribution in [0.1, 0.15) is 48.7 Å². The minimum absolute atomic E-state index is 0.152. The lowest BCUT2D eigenvalue weighted by molar-refractivity contribution is 0.0696. The highest BCUT2D eigenvalue weighted by molar-refractivity contribution is 5.88. The van der Waals surface area contributed by atoms with Crippen LogP contribution in [0.15, 0.2) is 30.9 Å². The first-order chi connectivity index (χ1) is 11.5. The van der Waals surface area contributed by atoms with Crippen molar-refractivity contribution in [3.63, 3.8) is 0 Å². The Labute approximate surface area is 141 Å². The largest absolute Gasteiger partial charge is 0.478 e. The van der Waals surface area contributed by atoms with E-state index in [1.54, 1.807) is 18.5 Å². The molecule has 0 aromatic carbocycles. The Morgan fingerprint density at radius 2 is 1.92 bits per heavy atom. The number of likely N-dealkylation sites (tertiary alicyclic amines) is 1. The van der Waals surface area contributed by atoms with Gasteiger partial charge in [0.05, 0.1) is 23.1 Å². The third-order valence-corrected chi connectivity index (χ3v) is 4.63. The molecule has 6 heteroatoms. The maximum Gasteiger partial charge on any atom is 0.337 e. The Hall–Kier alpha value is -2.34. The van der Waals surface area contributed by atoms with Gasteiger partial charge in [0.25, 0.3) is 0 Å². The molecule has 126 valence electrons. The molecule has 0 bridgehead atoms. The van der Waals surface area contributed by atoms with Crippen molar-refractivity contribution in [2.75, 3.05) is 13.1 Å². The van der Waals surface area contributed by atoms with Crippen molar-refractivity contribution in [2.24, 2.45) is 0 Å². The molecule has 3 heterocycles. The Morgan fingerprint density at radius 3 is 2.50 bits per heavy atom. The van der Waals surface area contributed by atoms with E-state index in [-0.39, 0.29) is 5.56 Å². The van der Waals surface area contributed by atoms with Gasteiger partial charge in [0.1, 0.15) is 0 Å². The second-order valence-electron chi connectivity index (χ2n) is 6.50. The quantitative estimate of drug-likeness (QED) is 0.930. The number of aromatic nitrogens is 3. The van der Waals surface area contributed by atoms with Crippen LogP contribution in [-0.2, 0) is 0 Å². The number of carboxylic acids is 1. The molecule has 24 heavy (non-hydrogen) atoms. The number of carbonyl (C=O) groups is 1. The summed E-state index contributed by atoms with van der Waals surface area (Å²) in [7, 11) is 0. The van der Waals surface area contributed by atoms with Crippen LogP contribution in [0.4, 0.5) is 0 Å². The van der Waals surface area contributed by atoms with Crippen molar-refractivity contribution >= 4 is 5.97 Å². The standard InChI is InChI=1S/C18H22N4O2/c1-12(2)22-5-3-13(4-6-22)16-10-21-17(11-20-16)14-7-15(18(23)24)9-19-8-14/h7-13H,3-6H2,1-2H3,(H,23,24). The summed E-state index contributed by atoms with van der Waals surface area (Å²) >= 11 is 0. The van der Waals surface area contributed by atoms with E-state index < -0.39 is 5.97 Å². The molecule has 0 radical (unpaired) electrons. The summed E-state index contributed by atoms with van der Waals surface area (Å²) in [4.78, 5) is 26.5. The predicted octanol–water partition coefficient (Wildman–Crippen LogP) is 2.82. The smallest absolute Gasteiger partial charge is 0.337 e. The van der Waals surface area contributed by atoms with Crippen LogP contribution in [0, 0.1) is 0 Å². The zero-order valence-corrected chi connectivity index (χ0v) is 14.0. The predicted molar refractivity (Wildman–Crippen MR) is 90.9 cm³/mol. The molecule has 1 aliphatic heterocycles. The van der Waals surface area contributed by atoms with Gasteiger partial charge in [-0.1, -0.05) is 0 Å². The van der Waals surface area contributed by atoms with E-state index in [0.29, 0.717) is 23.2 Å². The first kappa shape index (κ1) is 16.5. The van der Waals surface area contributed by atoms with E-state index in [9.17, 15) is 4.79 Å². The normalized spacial score (nSPS) is 16.5. The number of rotatable bonds is 4. The number of piperidine rings is 1. The van der Waals surface area contributed by atoms with E-state index in [1.807, 2.05) is 6.20 Å². The minimum atomic E-state index is -0.995. The molecule has 0 aliphatic carbocycles. The average Bonchev–Trinajstić information content (AvgIpc) is 2.62. The van der Waals surface area contributed by atoms with Crippen molar-refractivity contribution in [2.45, 2.75) is 38.6 Å². The molecule has 1 saturated heterocycles. The molecule has 0 saturated carbocycles. The third kappa shape index (κ3) is 3.59. The molecular weight excluding hydrogens is 304 g/mol. The highest BCUT2D eigenvalue weighted by Crippen LogP contribution is 2.27. The number of hydrogen-bond donors (Lipinski definition) is 1. The van der Waals surface area contributed by atoms with Gasteiger partial charge in [-0.25, -0.2) is 4.79 Å². The monoisotopic (exact) mass is 326 g/mol. The summed E-state index contributed by atoms with van der Waals surface area (Å²) in [6, 6.07) is 2.16. The zero-order chi connectivity index (χ0) is 17.1. The summed E-state index contributed by atoms with van der Waals surface area (Å²) in [5.74, 6) is -0.545. The van der Waals surface area contributed by atoms with Crippen molar-refractivity contribution in [3.05, 3.63) is 42.1 Å². The van der Waals surface area contributed by atoms with Gasteiger partial charge in [-0.15, -0.1) is 0 Å². The summed E-state index contributed by atoms with van der Waals surface area (Å²) < 4.78 is 0. The number of nitrogens with zero attached hydrogens (tertiary/aromatic N) is 4. The zero-order valence-electron chi connectivity index (χ0n) is 14.0. The highest BCUT2D eigenvalue weighted by Gasteiger charge is 2.23. The number of aromatic carboxylic acids is 1. The van der Waals surface area contributed by atoms with E-state index >= 15 is 0 Å². The number of carboxylic acid groups (broad SMARTS) is 1. The molecule has 0 unspecified atom stereocenters. The molecular formula is C18H22N4O2. The van der Waals surface area contributed by atoms with Gasteiger partial charge in [-0.2, -0.15) is 0 Å². The van der Waals surface area contributed by atoms with Gasteiger partial charge >= 0.3 is 5.97 Å². The van der Waals surface area contributed by atoms with Crippen molar-refractivity contribution in [1.82, 2.24) is 19.9 Å². The molecule has 0 spiro atoms. The number of hydrogen-bond acceptors (Lipinski definition) is 5. The molecule has 2 aromatic rings. The Morgan fingerprint density at radius 1 is 1.17 bits per heavy atom. The van der Waals surface area contributed by atoms with Crippen LogP contribution in [-0.4, -0.2) is 50.1 Å². The first-order valence-corrected chi connectivity index (χ1v) is 8.29. The van der Waals surface area contributed by atoms with Crippen LogP contribution in [0.2, 0.25) is 0 Å². The molecule has 1 fully saturated rings. The van der Waals surface area contributed by atoms with E-state index in [1.165, 1.54) is 6.20 Å². The van der Waals surface area contributed by atoms with Gasteiger partial charge in [0.15, 0.2) is 0 Å². The summed E-state index contributed by atoms with van der Waals surface area (Å²) in [5.41, 5.74) is 2.49. The van der Waals surface area contributed by atoms with Gasteiger partial charge < -0.3 is 10.0 Å². The topological polar surface area (TPSA) is 79.2 Å². The second-order valence-corrected chi connectivity index (χ2v) is 6.50. The molecule has 0 amide bonds. The molecule has 0 atom stereocenters. The maximum absolute atomic E-state index is 11.0. The third-order valence-electron chi connectivity index (χ3n) is 4.63. The van der Waals surface area contributed by atoms with Gasteiger partial charge in [0.2, 0.25) is 0 Å². The van der Waals surface area contributed by atoms with Crippen LogP contribution in [0.3, 0.4) is 0 Å². The fourth-order valence-corrected chi connectivity index (χ4v) is 3.11. The van der Waals surface area contributed by atoms with Crippen LogP contribution in [0.5, 0.6) is 0 Å². The van der Waals surface area contributed by atoms with Gasteiger partial charge in [-0.3, -0.25) is 15.0 Å². The molecule has 1 N–H and O–H groups in total. The van der Waals surface area contributed by atoms with Crippen LogP contribution < -0.4 is 0 Å². The minimum Gasteiger partial charge on any atom is -0.478 e. The highest BCUT2D eigenvalue weighted by atomic mass is 16.4. The lowest BCUT2D eigenvalue weighted by atomic mass is 9.93. The van der Waals surface area contributed by atoms with Crippen molar-refractivity contribution in [1.29, 1.82) is 0 Å². The van der Waals surface area contributed by atoms with Crippen LogP contribution in [0.25, 0.3) is 11.3 Å². The van der Waals surface area contributed by atoms with Gasteiger partial charge in [-0.05, 0) is 45.8 Å². The Balaban J connectivity index is 1.72. The lowest BCUT2D eigenvalue weighted by Crippen LogP contribution is -2.38.